The molecule has 0 aromatic heterocycles. The Hall–Kier alpha value is -1.91. The zero-order chi connectivity index (χ0) is 15.9. The van der Waals surface area contributed by atoms with E-state index < -0.39 is 17.3 Å². The maximum Gasteiger partial charge on any atom is 0.306 e. The number of aliphatic carboxylic acids is 1. The van der Waals surface area contributed by atoms with E-state index in [4.69, 9.17) is 5.11 Å². The van der Waals surface area contributed by atoms with Gasteiger partial charge >= 0.3 is 5.97 Å². The van der Waals surface area contributed by atoms with E-state index in [0.717, 1.165) is 0 Å². The fraction of sp³-hybridized carbons (Fsp3) is 0.529. The molecule has 2 unspecified atom stereocenters. The number of carbonyl (C=O) groups excluding carboxylic acids is 1. The number of carboxylic acids is 1. The maximum absolute atomic E-state index is 14.0. The van der Waals surface area contributed by atoms with E-state index in [0.29, 0.717) is 37.9 Å². The van der Waals surface area contributed by atoms with E-state index in [1.165, 1.54) is 6.07 Å². The zero-order valence-electron chi connectivity index (χ0n) is 12.6. The largest absolute Gasteiger partial charge is 0.481 e. The lowest BCUT2D eigenvalue weighted by atomic mass is 9.85. The first-order valence-corrected chi connectivity index (χ1v) is 7.73. The molecule has 1 heterocycles. The van der Waals surface area contributed by atoms with Gasteiger partial charge in [-0.15, -0.1) is 0 Å². The van der Waals surface area contributed by atoms with Gasteiger partial charge in [-0.3, -0.25) is 9.59 Å². The summed E-state index contributed by atoms with van der Waals surface area (Å²) in [7, 11) is 0. The Kier molecular flexibility index (Phi) is 3.67. The highest BCUT2D eigenvalue weighted by Crippen LogP contribution is 2.50. The SMILES string of the molecule is CC1CN(C(=O)C2(c3ccccc3F)CC2)CCC1C(=O)O. The molecule has 1 amide bonds. The van der Waals surface area contributed by atoms with Gasteiger partial charge in [-0.1, -0.05) is 25.1 Å². The number of halogens is 1. The molecule has 22 heavy (non-hydrogen) atoms. The summed E-state index contributed by atoms with van der Waals surface area (Å²) in [6, 6.07) is 6.46. The van der Waals surface area contributed by atoms with Crippen molar-refractivity contribution in [1.29, 1.82) is 0 Å². The minimum atomic E-state index is -0.796. The summed E-state index contributed by atoms with van der Waals surface area (Å²) in [5, 5.41) is 9.17. The van der Waals surface area contributed by atoms with Crippen molar-refractivity contribution in [2.24, 2.45) is 11.8 Å². The van der Waals surface area contributed by atoms with Gasteiger partial charge in [-0.2, -0.15) is 0 Å². The van der Waals surface area contributed by atoms with Gasteiger partial charge in [0.05, 0.1) is 11.3 Å². The third-order valence-electron chi connectivity index (χ3n) is 5.06. The molecule has 1 saturated carbocycles. The van der Waals surface area contributed by atoms with Crippen LogP contribution >= 0.6 is 0 Å². The number of amides is 1. The van der Waals surface area contributed by atoms with Crippen molar-refractivity contribution in [2.45, 2.75) is 31.6 Å². The number of carboxylic acid groups (broad SMARTS) is 1. The lowest BCUT2D eigenvalue weighted by Gasteiger charge is -2.37. The molecule has 0 bridgehead atoms. The molecule has 1 aromatic carbocycles. The van der Waals surface area contributed by atoms with Crippen LogP contribution in [0, 0.1) is 17.7 Å². The second-order valence-electron chi connectivity index (χ2n) is 6.52. The molecule has 1 aliphatic carbocycles. The molecule has 1 saturated heterocycles. The van der Waals surface area contributed by atoms with Gasteiger partial charge < -0.3 is 10.0 Å². The average molecular weight is 305 g/mol. The minimum absolute atomic E-state index is 0.0479. The molecular weight excluding hydrogens is 285 g/mol. The van der Waals surface area contributed by atoms with Gasteiger partial charge in [0.25, 0.3) is 0 Å². The van der Waals surface area contributed by atoms with Gasteiger partial charge in [-0.25, -0.2) is 4.39 Å². The molecule has 0 spiro atoms. The molecule has 3 rings (SSSR count). The number of likely N-dealkylation sites (tertiary alicyclic amines) is 1. The Morgan fingerprint density at radius 3 is 2.55 bits per heavy atom. The monoisotopic (exact) mass is 305 g/mol. The average Bonchev–Trinajstić information content (AvgIpc) is 3.28. The molecule has 1 aromatic rings. The predicted molar refractivity (Wildman–Crippen MR) is 78.8 cm³/mol. The molecule has 2 aliphatic rings. The Morgan fingerprint density at radius 1 is 1.32 bits per heavy atom. The van der Waals surface area contributed by atoms with E-state index in [9.17, 15) is 14.0 Å². The maximum atomic E-state index is 14.0. The lowest BCUT2D eigenvalue weighted by molar-refractivity contribution is -0.149. The normalized spacial score (nSPS) is 26.5. The van der Waals surface area contributed by atoms with Crippen molar-refractivity contribution in [3.05, 3.63) is 35.6 Å². The van der Waals surface area contributed by atoms with E-state index in [1.54, 1.807) is 23.1 Å². The summed E-state index contributed by atoms with van der Waals surface area (Å²) in [6.45, 7) is 2.74. The molecule has 4 nitrogen and oxygen atoms in total. The van der Waals surface area contributed by atoms with E-state index in [1.807, 2.05) is 6.92 Å². The molecular formula is C17H20FNO3. The van der Waals surface area contributed by atoms with Crippen LogP contribution < -0.4 is 0 Å². The van der Waals surface area contributed by atoms with Crippen molar-refractivity contribution in [1.82, 2.24) is 4.90 Å². The first kappa shape index (κ1) is 15.0. The Balaban J connectivity index is 1.78. The van der Waals surface area contributed by atoms with Crippen LogP contribution in [-0.4, -0.2) is 35.0 Å². The third-order valence-corrected chi connectivity index (χ3v) is 5.06. The van der Waals surface area contributed by atoms with Gasteiger partial charge in [-0.05, 0) is 31.2 Å². The standard InChI is InChI=1S/C17H20FNO3/c1-11-10-19(9-6-12(11)15(20)21)16(22)17(7-8-17)13-4-2-3-5-14(13)18/h2-5,11-12H,6-10H2,1H3,(H,20,21). The molecule has 0 radical (unpaired) electrons. The van der Waals surface area contributed by atoms with E-state index in [-0.39, 0.29) is 17.6 Å². The first-order chi connectivity index (χ1) is 10.5. The highest BCUT2D eigenvalue weighted by atomic mass is 19.1. The van der Waals surface area contributed by atoms with Crippen LogP contribution in [-0.2, 0) is 15.0 Å². The quantitative estimate of drug-likeness (QED) is 0.933. The number of rotatable bonds is 3. The molecule has 1 N–H and O–H groups in total. The number of benzene rings is 1. The van der Waals surface area contributed by atoms with Crippen LogP contribution in [0.15, 0.2) is 24.3 Å². The molecule has 2 fully saturated rings. The molecule has 2 atom stereocenters. The van der Waals surface area contributed by atoms with E-state index >= 15 is 0 Å². The summed E-state index contributed by atoms with van der Waals surface area (Å²) in [5.41, 5.74) is -0.241. The second kappa shape index (κ2) is 5.38. The van der Waals surface area contributed by atoms with Crippen LogP contribution in [0.4, 0.5) is 4.39 Å². The van der Waals surface area contributed by atoms with Gasteiger partial charge in [0.1, 0.15) is 5.82 Å². The number of carbonyl (C=O) groups is 2. The summed E-state index contributed by atoms with van der Waals surface area (Å²) < 4.78 is 14.0. The van der Waals surface area contributed by atoms with Crippen molar-refractivity contribution in [3.63, 3.8) is 0 Å². The summed E-state index contributed by atoms with van der Waals surface area (Å²) in [6.07, 6.45) is 1.80. The predicted octanol–water partition coefficient (Wildman–Crippen LogP) is 2.43. The van der Waals surface area contributed by atoms with Gasteiger partial charge in [0.15, 0.2) is 0 Å². The summed E-state index contributed by atoms with van der Waals surface area (Å²) in [4.78, 5) is 25.8. The van der Waals surface area contributed by atoms with Crippen LogP contribution in [0.2, 0.25) is 0 Å². The van der Waals surface area contributed by atoms with Crippen LogP contribution in [0.3, 0.4) is 0 Å². The molecule has 118 valence electrons. The van der Waals surface area contributed by atoms with Gasteiger partial charge in [0, 0.05) is 18.7 Å². The van der Waals surface area contributed by atoms with Crippen LogP contribution in [0.25, 0.3) is 0 Å². The Bertz CT molecular complexity index is 612. The second-order valence-corrected chi connectivity index (χ2v) is 6.52. The van der Waals surface area contributed by atoms with Crippen molar-refractivity contribution in [2.75, 3.05) is 13.1 Å². The van der Waals surface area contributed by atoms with Crippen molar-refractivity contribution in [3.8, 4) is 0 Å². The van der Waals surface area contributed by atoms with Crippen LogP contribution in [0.1, 0.15) is 31.7 Å². The topological polar surface area (TPSA) is 57.6 Å². The highest BCUT2D eigenvalue weighted by Gasteiger charge is 2.55. The van der Waals surface area contributed by atoms with Crippen molar-refractivity contribution < 1.29 is 19.1 Å². The molecule has 1 aliphatic heterocycles. The third kappa shape index (κ3) is 2.38. The smallest absolute Gasteiger partial charge is 0.306 e. The number of hydrogen-bond donors (Lipinski definition) is 1. The zero-order valence-corrected chi connectivity index (χ0v) is 12.6. The highest BCUT2D eigenvalue weighted by molar-refractivity contribution is 5.91. The number of nitrogens with zero attached hydrogens (tertiary/aromatic N) is 1. The fourth-order valence-corrected chi connectivity index (χ4v) is 3.57. The lowest BCUT2D eigenvalue weighted by Crippen LogP contribution is -2.48. The number of piperidine rings is 1. The number of hydrogen-bond acceptors (Lipinski definition) is 2. The van der Waals surface area contributed by atoms with E-state index in [2.05, 4.69) is 0 Å². The molecule has 5 heteroatoms. The minimum Gasteiger partial charge on any atom is -0.481 e. The summed E-state index contributed by atoms with van der Waals surface area (Å²) in [5.74, 6) is -1.65. The Morgan fingerprint density at radius 2 is 2.00 bits per heavy atom. The van der Waals surface area contributed by atoms with Crippen LogP contribution in [0.5, 0.6) is 0 Å². The fourth-order valence-electron chi connectivity index (χ4n) is 3.57. The first-order valence-electron chi connectivity index (χ1n) is 7.73. The summed E-state index contributed by atoms with van der Waals surface area (Å²) >= 11 is 0. The van der Waals surface area contributed by atoms with Gasteiger partial charge in [0.2, 0.25) is 5.91 Å². The van der Waals surface area contributed by atoms with Crippen molar-refractivity contribution >= 4 is 11.9 Å². The Labute approximate surface area is 128 Å².